The monoisotopic (exact) mass is 272 g/mol. The quantitative estimate of drug-likeness (QED) is 0.932. The Bertz CT molecular complexity index is 598. The summed E-state index contributed by atoms with van der Waals surface area (Å²) < 4.78 is 7.34. The van der Waals surface area contributed by atoms with Crippen molar-refractivity contribution < 1.29 is 14.6 Å². The van der Waals surface area contributed by atoms with Gasteiger partial charge in [0.2, 0.25) is 0 Å². The summed E-state index contributed by atoms with van der Waals surface area (Å²) in [6.45, 7) is 1.57. The second kappa shape index (κ2) is 5.46. The first-order valence-electron chi connectivity index (χ1n) is 6.69. The average molecular weight is 272 g/mol. The predicted octanol–water partition coefficient (Wildman–Crippen LogP) is 2.60. The highest BCUT2D eigenvalue weighted by atomic mass is 16.5. The molecule has 1 aliphatic rings. The minimum absolute atomic E-state index is 0.297. The van der Waals surface area contributed by atoms with E-state index in [9.17, 15) is 4.79 Å². The predicted molar refractivity (Wildman–Crippen MR) is 73.7 cm³/mol. The van der Waals surface area contributed by atoms with Gasteiger partial charge in [-0.25, -0.2) is 4.79 Å². The molecule has 2 heterocycles. The lowest BCUT2D eigenvalue weighted by Crippen LogP contribution is -2.19. The molecule has 0 spiro atoms. The number of hydrogen-bond acceptors (Lipinski definition) is 3. The molecule has 2 aromatic rings. The van der Waals surface area contributed by atoms with Crippen LogP contribution in [0.4, 0.5) is 0 Å². The van der Waals surface area contributed by atoms with Gasteiger partial charge in [0.25, 0.3) is 0 Å². The molecule has 0 radical (unpaired) electrons. The summed E-state index contributed by atoms with van der Waals surface area (Å²) in [7, 11) is 0. The Morgan fingerprint density at radius 2 is 1.90 bits per heavy atom. The Morgan fingerprint density at radius 1 is 1.20 bits per heavy atom. The molecule has 1 aromatic heterocycles. The van der Waals surface area contributed by atoms with Crippen LogP contribution in [0.5, 0.6) is 0 Å². The molecule has 1 N–H and O–H groups in total. The van der Waals surface area contributed by atoms with E-state index in [1.165, 1.54) is 0 Å². The second-order valence-electron chi connectivity index (χ2n) is 4.94. The molecule has 1 aliphatic heterocycles. The van der Waals surface area contributed by atoms with Gasteiger partial charge in [-0.05, 0) is 30.5 Å². The number of nitrogens with zero attached hydrogens (tertiary/aromatic N) is 2. The van der Waals surface area contributed by atoms with E-state index in [0.29, 0.717) is 11.6 Å². The van der Waals surface area contributed by atoms with Crippen LogP contribution in [0.25, 0.3) is 11.1 Å². The lowest BCUT2D eigenvalue weighted by Gasteiger charge is -2.22. The Morgan fingerprint density at radius 3 is 2.55 bits per heavy atom. The number of carbonyl (C=O) groups is 1. The summed E-state index contributed by atoms with van der Waals surface area (Å²) in [5, 5.41) is 13.3. The van der Waals surface area contributed by atoms with Gasteiger partial charge >= 0.3 is 5.97 Å². The SMILES string of the molecule is O=C(O)c1ccc(-c2cnn(C3CCOCC3)c2)cc1. The van der Waals surface area contributed by atoms with Gasteiger partial charge < -0.3 is 9.84 Å². The number of aromatic nitrogens is 2. The number of benzene rings is 1. The number of hydrogen-bond donors (Lipinski definition) is 1. The summed E-state index contributed by atoms with van der Waals surface area (Å²) in [5.41, 5.74) is 2.28. The van der Waals surface area contributed by atoms with Gasteiger partial charge in [-0.1, -0.05) is 12.1 Å². The maximum absolute atomic E-state index is 10.8. The third-order valence-corrected chi connectivity index (χ3v) is 3.63. The van der Waals surface area contributed by atoms with Crippen molar-refractivity contribution in [3.63, 3.8) is 0 Å². The zero-order chi connectivity index (χ0) is 13.9. The largest absolute Gasteiger partial charge is 0.478 e. The summed E-state index contributed by atoms with van der Waals surface area (Å²) in [5.74, 6) is -0.908. The van der Waals surface area contributed by atoms with Crippen LogP contribution in [-0.2, 0) is 4.74 Å². The minimum Gasteiger partial charge on any atom is -0.478 e. The van der Waals surface area contributed by atoms with E-state index < -0.39 is 5.97 Å². The molecule has 104 valence electrons. The zero-order valence-corrected chi connectivity index (χ0v) is 11.0. The molecule has 1 fully saturated rings. The zero-order valence-electron chi connectivity index (χ0n) is 11.0. The highest BCUT2D eigenvalue weighted by molar-refractivity contribution is 5.88. The van der Waals surface area contributed by atoms with Crippen LogP contribution in [0, 0.1) is 0 Å². The van der Waals surface area contributed by atoms with E-state index in [1.54, 1.807) is 12.1 Å². The first-order valence-corrected chi connectivity index (χ1v) is 6.69. The van der Waals surface area contributed by atoms with Crippen LogP contribution in [-0.4, -0.2) is 34.1 Å². The van der Waals surface area contributed by atoms with Crippen LogP contribution in [0.1, 0.15) is 29.2 Å². The maximum Gasteiger partial charge on any atom is 0.335 e. The van der Waals surface area contributed by atoms with Gasteiger partial charge in [-0.3, -0.25) is 4.68 Å². The van der Waals surface area contributed by atoms with Crippen molar-refractivity contribution in [3.05, 3.63) is 42.2 Å². The third kappa shape index (κ3) is 2.58. The van der Waals surface area contributed by atoms with Crippen molar-refractivity contribution in [2.24, 2.45) is 0 Å². The Labute approximate surface area is 116 Å². The van der Waals surface area contributed by atoms with E-state index in [0.717, 1.165) is 37.2 Å². The Hall–Kier alpha value is -2.14. The van der Waals surface area contributed by atoms with Gasteiger partial charge in [-0.2, -0.15) is 5.10 Å². The molecule has 0 unspecified atom stereocenters. The fourth-order valence-electron chi connectivity index (χ4n) is 2.44. The third-order valence-electron chi connectivity index (χ3n) is 3.63. The average Bonchev–Trinajstić information content (AvgIpc) is 2.98. The van der Waals surface area contributed by atoms with Gasteiger partial charge in [-0.15, -0.1) is 0 Å². The molecule has 1 saturated heterocycles. The first-order chi connectivity index (χ1) is 9.74. The van der Waals surface area contributed by atoms with E-state index in [2.05, 4.69) is 5.10 Å². The molecule has 0 saturated carbocycles. The van der Waals surface area contributed by atoms with Crippen molar-refractivity contribution in [1.82, 2.24) is 9.78 Å². The number of ether oxygens (including phenoxy) is 1. The number of aromatic carboxylic acids is 1. The van der Waals surface area contributed by atoms with E-state index in [4.69, 9.17) is 9.84 Å². The molecular weight excluding hydrogens is 256 g/mol. The molecule has 0 amide bonds. The molecule has 0 aliphatic carbocycles. The minimum atomic E-state index is -0.908. The Kier molecular flexibility index (Phi) is 3.52. The summed E-state index contributed by atoms with van der Waals surface area (Å²) >= 11 is 0. The topological polar surface area (TPSA) is 64.3 Å². The molecule has 0 atom stereocenters. The van der Waals surface area contributed by atoms with Gasteiger partial charge in [0.15, 0.2) is 0 Å². The lowest BCUT2D eigenvalue weighted by atomic mass is 10.1. The standard InChI is InChI=1S/C15H16N2O3/c18-15(19)12-3-1-11(2-4-12)13-9-16-17(10-13)14-5-7-20-8-6-14/h1-4,9-10,14H,5-8H2,(H,18,19). The fourth-order valence-corrected chi connectivity index (χ4v) is 2.44. The summed E-state index contributed by atoms with van der Waals surface area (Å²) in [6, 6.07) is 7.26. The van der Waals surface area contributed by atoms with Crippen molar-refractivity contribution in [2.45, 2.75) is 18.9 Å². The molecule has 5 heteroatoms. The van der Waals surface area contributed by atoms with E-state index in [-0.39, 0.29) is 0 Å². The summed E-state index contributed by atoms with van der Waals surface area (Å²) in [6.07, 6.45) is 5.81. The van der Waals surface area contributed by atoms with Crippen LogP contribution in [0.2, 0.25) is 0 Å². The molecule has 0 bridgehead atoms. The second-order valence-corrected chi connectivity index (χ2v) is 4.94. The first kappa shape index (κ1) is 12.9. The van der Waals surface area contributed by atoms with Crippen LogP contribution in [0.15, 0.2) is 36.7 Å². The fraction of sp³-hybridized carbons (Fsp3) is 0.333. The normalized spacial score (nSPS) is 16.2. The smallest absolute Gasteiger partial charge is 0.335 e. The number of rotatable bonds is 3. The van der Waals surface area contributed by atoms with Crippen LogP contribution in [0.3, 0.4) is 0 Å². The molecule has 5 nitrogen and oxygen atoms in total. The van der Waals surface area contributed by atoms with Crippen molar-refractivity contribution >= 4 is 5.97 Å². The summed E-state index contributed by atoms with van der Waals surface area (Å²) in [4.78, 5) is 10.8. The molecule has 1 aromatic carbocycles. The van der Waals surface area contributed by atoms with Gasteiger partial charge in [0, 0.05) is 25.0 Å². The van der Waals surface area contributed by atoms with Crippen molar-refractivity contribution in [3.8, 4) is 11.1 Å². The molecule has 20 heavy (non-hydrogen) atoms. The highest BCUT2D eigenvalue weighted by Crippen LogP contribution is 2.24. The van der Waals surface area contributed by atoms with E-state index in [1.807, 2.05) is 29.2 Å². The van der Waals surface area contributed by atoms with Crippen molar-refractivity contribution in [2.75, 3.05) is 13.2 Å². The molecule has 3 rings (SSSR count). The van der Waals surface area contributed by atoms with Gasteiger partial charge in [0.1, 0.15) is 0 Å². The number of carboxylic acids is 1. The Balaban J connectivity index is 1.80. The number of carboxylic acid groups (broad SMARTS) is 1. The lowest BCUT2D eigenvalue weighted by molar-refractivity contribution is 0.0662. The van der Waals surface area contributed by atoms with Crippen LogP contribution < -0.4 is 0 Å². The van der Waals surface area contributed by atoms with E-state index >= 15 is 0 Å². The molecular formula is C15H16N2O3. The van der Waals surface area contributed by atoms with Crippen LogP contribution >= 0.6 is 0 Å². The highest BCUT2D eigenvalue weighted by Gasteiger charge is 2.16. The van der Waals surface area contributed by atoms with Gasteiger partial charge in [0.05, 0.1) is 17.8 Å². The van der Waals surface area contributed by atoms with Crippen molar-refractivity contribution in [1.29, 1.82) is 0 Å². The maximum atomic E-state index is 10.8.